The minimum Gasteiger partial charge on any atom is -0.485 e. The Hall–Kier alpha value is -1.61. The van der Waals surface area contributed by atoms with Crippen LogP contribution in [-0.4, -0.2) is 23.6 Å². The van der Waals surface area contributed by atoms with Crippen molar-refractivity contribution in [3.8, 4) is 5.75 Å². The van der Waals surface area contributed by atoms with Crippen LogP contribution in [0.3, 0.4) is 0 Å². The quantitative estimate of drug-likeness (QED) is 0.621. The van der Waals surface area contributed by atoms with Gasteiger partial charge in [0.15, 0.2) is 5.78 Å². The van der Waals surface area contributed by atoms with Crippen molar-refractivity contribution < 1.29 is 14.6 Å². The normalized spacial score (nSPS) is 17.8. The number of rotatable bonds is 3. The zero-order valence-corrected chi connectivity index (χ0v) is 9.19. The van der Waals surface area contributed by atoms with Crippen molar-refractivity contribution in [1.29, 1.82) is 0 Å². The van der Waals surface area contributed by atoms with Crippen LogP contribution in [0.4, 0.5) is 0 Å². The summed E-state index contributed by atoms with van der Waals surface area (Å²) in [5.41, 5.74) is 2.37. The van der Waals surface area contributed by atoms with Crippen molar-refractivity contribution in [2.24, 2.45) is 0 Å². The van der Waals surface area contributed by atoms with Gasteiger partial charge in [-0.2, -0.15) is 0 Å². The molecule has 0 amide bonds. The molecule has 0 fully saturated rings. The number of ketones is 1. The van der Waals surface area contributed by atoms with E-state index in [1.807, 2.05) is 6.07 Å². The van der Waals surface area contributed by atoms with E-state index in [9.17, 15) is 4.79 Å². The number of hydrogen-bond donors (Lipinski definition) is 1. The van der Waals surface area contributed by atoms with E-state index in [0.717, 1.165) is 11.3 Å². The molecular weight excluding hydrogens is 204 g/mol. The van der Waals surface area contributed by atoms with Gasteiger partial charge in [-0.05, 0) is 36.3 Å². The number of carbonyl (C=O) groups excluding carboxylic acids is 1. The summed E-state index contributed by atoms with van der Waals surface area (Å²) < 4.78 is 5.62. The topological polar surface area (TPSA) is 46.5 Å². The highest BCUT2D eigenvalue weighted by molar-refractivity contribution is 5.94. The molecular formula is C13H14O3. The van der Waals surface area contributed by atoms with Crippen molar-refractivity contribution in [1.82, 2.24) is 0 Å². The van der Waals surface area contributed by atoms with Crippen molar-refractivity contribution in [2.75, 3.05) is 6.61 Å². The molecule has 0 bridgehead atoms. The van der Waals surface area contributed by atoms with Crippen molar-refractivity contribution >= 4 is 5.78 Å². The highest BCUT2D eigenvalue weighted by Crippen LogP contribution is 2.31. The Kier molecular flexibility index (Phi) is 2.79. The summed E-state index contributed by atoms with van der Waals surface area (Å²) in [6, 6.07) is 5.41. The van der Waals surface area contributed by atoms with Crippen LogP contribution in [0.15, 0.2) is 30.4 Å². The van der Waals surface area contributed by atoms with Crippen LogP contribution in [0.1, 0.15) is 22.8 Å². The summed E-state index contributed by atoms with van der Waals surface area (Å²) in [5, 5.41) is 8.98. The largest absolute Gasteiger partial charge is 0.485 e. The number of carbonyl (C=O) groups is 1. The molecule has 1 aromatic rings. The van der Waals surface area contributed by atoms with Gasteiger partial charge in [0.05, 0.1) is 6.61 Å². The molecule has 1 aliphatic heterocycles. The third-order valence-electron chi connectivity index (χ3n) is 2.80. The summed E-state index contributed by atoms with van der Waals surface area (Å²) in [6.45, 7) is 5.23. The first-order chi connectivity index (χ1) is 7.61. The summed E-state index contributed by atoms with van der Waals surface area (Å²) in [6.07, 6.45) is 0.512. The van der Waals surface area contributed by atoms with Crippen LogP contribution in [0.25, 0.3) is 0 Å². The molecule has 16 heavy (non-hydrogen) atoms. The summed E-state index contributed by atoms with van der Waals surface area (Å²) in [5.74, 6) is 0.830. The lowest BCUT2D eigenvalue weighted by atomic mass is 10.0. The van der Waals surface area contributed by atoms with E-state index >= 15 is 0 Å². The number of fused-ring (bicyclic) bond motifs is 1. The maximum Gasteiger partial charge on any atom is 0.159 e. The Bertz CT molecular complexity index is 448. The molecule has 0 saturated carbocycles. The van der Waals surface area contributed by atoms with Gasteiger partial charge in [-0.3, -0.25) is 4.79 Å². The Morgan fingerprint density at radius 1 is 1.62 bits per heavy atom. The fourth-order valence-corrected chi connectivity index (χ4v) is 1.80. The molecule has 1 atom stereocenters. The number of benzene rings is 1. The number of Topliss-reactive ketones (excluding diaryl/α,β-unsaturated/α-hetero) is 1. The monoisotopic (exact) mass is 218 g/mol. The van der Waals surface area contributed by atoms with Gasteiger partial charge in [-0.1, -0.05) is 6.58 Å². The van der Waals surface area contributed by atoms with E-state index in [4.69, 9.17) is 9.84 Å². The molecule has 0 aromatic heterocycles. The van der Waals surface area contributed by atoms with E-state index in [1.54, 1.807) is 19.1 Å². The molecule has 0 aliphatic carbocycles. The molecule has 0 radical (unpaired) electrons. The van der Waals surface area contributed by atoms with Crippen LogP contribution < -0.4 is 4.74 Å². The second-order valence-corrected chi connectivity index (χ2v) is 4.01. The molecule has 0 unspecified atom stereocenters. The molecule has 0 spiro atoms. The van der Waals surface area contributed by atoms with Crippen molar-refractivity contribution in [3.63, 3.8) is 0 Å². The Morgan fingerprint density at radius 3 is 3.00 bits per heavy atom. The smallest absolute Gasteiger partial charge is 0.159 e. The average molecular weight is 218 g/mol. The van der Waals surface area contributed by atoms with Gasteiger partial charge < -0.3 is 9.84 Å². The Balaban J connectivity index is 2.24. The van der Waals surface area contributed by atoms with E-state index in [-0.39, 0.29) is 18.5 Å². The molecule has 3 heteroatoms. The van der Waals surface area contributed by atoms with E-state index in [0.29, 0.717) is 17.6 Å². The van der Waals surface area contributed by atoms with Crippen molar-refractivity contribution in [2.45, 2.75) is 19.4 Å². The number of hydrogen-bond acceptors (Lipinski definition) is 3. The Morgan fingerprint density at radius 2 is 2.38 bits per heavy atom. The predicted molar refractivity (Wildman–Crippen MR) is 60.8 cm³/mol. The fourth-order valence-electron chi connectivity index (χ4n) is 1.80. The molecule has 84 valence electrons. The lowest BCUT2D eigenvalue weighted by Gasteiger charge is -2.10. The van der Waals surface area contributed by atoms with Gasteiger partial charge in [0.25, 0.3) is 0 Å². The van der Waals surface area contributed by atoms with Crippen LogP contribution in [-0.2, 0) is 6.42 Å². The number of aliphatic hydroxyl groups excluding tert-OH is 1. The van der Waals surface area contributed by atoms with E-state index in [2.05, 4.69) is 6.58 Å². The van der Waals surface area contributed by atoms with Gasteiger partial charge >= 0.3 is 0 Å². The molecule has 3 nitrogen and oxygen atoms in total. The van der Waals surface area contributed by atoms with Crippen LogP contribution >= 0.6 is 0 Å². The van der Waals surface area contributed by atoms with Crippen LogP contribution in [0.5, 0.6) is 5.75 Å². The molecule has 0 saturated heterocycles. The maximum atomic E-state index is 11.2. The second kappa shape index (κ2) is 4.10. The first kappa shape index (κ1) is 10.9. The van der Waals surface area contributed by atoms with Gasteiger partial charge in [0.1, 0.15) is 11.9 Å². The van der Waals surface area contributed by atoms with Gasteiger partial charge in [0.2, 0.25) is 0 Å². The minimum atomic E-state index is -0.165. The minimum absolute atomic E-state index is 0.0484. The number of ether oxygens (including phenoxy) is 1. The number of aliphatic hydroxyl groups is 1. The van der Waals surface area contributed by atoms with Crippen LogP contribution in [0, 0.1) is 0 Å². The second-order valence-electron chi connectivity index (χ2n) is 4.01. The van der Waals surface area contributed by atoms with Crippen LogP contribution in [0.2, 0.25) is 0 Å². The summed E-state index contributed by atoms with van der Waals surface area (Å²) in [7, 11) is 0. The fraction of sp³-hybridized carbons (Fsp3) is 0.308. The van der Waals surface area contributed by atoms with Gasteiger partial charge in [-0.25, -0.2) is 0 Å². The lowest BCUT2D eigenvalue weighted by molar-refractivity contribution is 0.101. The summed E-state index contributed by atoms with van der Waals surface area (Å²) >= 11 is 0. The molecule has 1 aromatic carbocycles. The van der Waals surface area contributed by atoms with Gasteiger partial charge in [-0.15, -0.1) is 0 Å². The summed E-state index contributed by atoms with van der Waals surface area (Å²) in [4.78, 5) is 11.2. The Labute approximate surface area is 94.4 Å². The molecule has 1 heterocycles. The zero-order valence-electron chi connectivity index (χ0n) is 9.19. The van der Waals surface area contributed by atoms with E-state index < -0.39 is 0 Å². The molecule has 1 aliphatic rings. The standard InChI is InChI=1S/C13H14O3/c1-8(7-14)13-6-11-5-10(9(2)15)3-4-12(11)16-13/h3-5,13-14H,1,6-7H2,2H3/t13-/m0/s1. The predicted octanol–water partition coefficient (Wildman–Crippen LogP) is 1.74. The van der Waals surface area contributed by atoms with Gasteiger partial charge in [0, 0.05) is 12.0 Å². The first-order valence-electron chi connectivity index (χ1n) is 5.21. The third kappa shape index (κ3) is 1.86. The highest BCUT2D eigenvalue weighted by atomic mass is 16.5. The highest BCUT2D eigenvalue weighted by Gasteiger charge is 2.25. The van der Waals surface area contributed by atoms with Crippen molar-refractivity contribution in [3.05, 3.63) is 41.5 Å². The SMILES string of the molecule is C=C(CO)[C@@H]1Cc2cc(C(C)=O)ccc2O1. The third-order valence-corrected chi connectivity index (χ3v) is 2.80. The molecule has 2 rings (SSSR count). The van der Waals surface area contributed by atoms with E-state index in [1.165, 1.54) is 0 Å². The zero-order chi connectivity index (χ0) is 11.7. The maximum absolute atomic E-state index is 11.2. The average Bonchev–Trinajstić information content (AvgIpc) is 2.70. The lowest BCUT2D eigenvalue weighted by Crippen LogP contribution is -2.17. The first-order valence-corrected chi connectivity index (χ1v) is 5.21. The molecule has 1 N–H and O–H groups in total.